The molecule has 2 rings (SSSR count). The van der Waals surface area contributed by atoms with Crippen molar-refractivity contribution < 1.29 is 9.84 Å². The summed E-state index contributed by atoms with van der Waals surface area (Å²) in [4.78, 5) is 7.39. The van der Waals surface area contributed by atoms with E-state index in [0.29, 0.717) is 24.5 Å². The van der Waals surface area contributed by atoms with Crippen molar-refractivity contribution in [3.8, 4) is 11.8 Å². The van der Waals surface area contributed by atoms with E-state index < -0.39 is 0 Å². The molecule has 0 spiro atoms. The molecule has 2 heterocycles. The van der Waals surface area contributed by atoms with Gasteiger partial charge in [0, 0.05) is 6.42 Å². The van der Waals surface area contributed by atoms with Crippen molar-refractivity contribution in [3.05, 3.63) is 5.56 Å². The molecule has 0 saturated heterocycles. The van der Waals surface area contributed by atoms with Gasteiger partial charge in [-0.1, -0.05) is 0 Å². The maximum atomic E-state index is 9.20. The fraction of sp³-hybridized carbons (Fsp3) is 0.333. The second kappa shape index (κ2) is 1.98. The van der Waals surface area contributed by atoms with E-state index in [1.54, 1.807) is 0 Å². The molecule has 0 bridgehead atoms. The number of ether oxygens (including phenoxy) is 1. The summed E-state index contributed by atoms with van der Waals surface area (Å²) in [6, 6.07) is 0. The molecule has 0 aromatic carbocycles. The minimum absolute atomic E-state index is 0.0446. The smallest absolute Gasteiger partial charge is 0.226 e. The minimum Gasteiger partial charge on any atom is -0.493 e. The summed E-state index contributed by atoms with van der Waals surface area (Å²) in [7, 11) is 0. The number of nitrogens with zero attached hydrogens (tertiary/aromatic N) is 2. The van der Waals surface area contributed by atoms with Crippen molar-refractivity contribution in [2.24, 2.45) is 0 Å². The van der Waals surface area contributed by atoms with E-state index in [9.17, 15) is 5.11 Å². The molecule has 0 atom stereocenters. The first-order valence-corrected chi connectivity index (χ1v) is 3.25. The Hall–Kier alpha value is -1.52. The van der Waals surface area contributed by atoms with Crippen molar-refractivity contribution in [1.29, 1.82) is 0 Å². The van der Waals surface area contributed by atoms with Gasteiger partial charge >= 0.3 is 0 Å². The van der Waals surface area contributed by atoms with Crippen molar-refractivity contribution in [1.82, 2.24) is 9.97 Å². The number of rotatable bonds is 0. The van der Waals surface area contributed by atoms with Gasteiger partial charge in [-0.05, 0) is 0 Å². The predicted molar refractivity (Wildman–Crippen MR) is 37.3 cm³/mol. The molecule has 5 nitrogen and oxygen atoms in total. The van der Waals surface area contributed by atoms with Gasteiger partial charge in [0.15, 0.2) is 0 Å². The van der Waals surface area contributed by atoms with E-state index in [4.69, 9.17) is 10.5 Å². The number of hydrogen-bond donors (Lipinski definition) is 2. The van der Waals surface area contributed by atoms with Crippen molar-refractivity contribution in [2.75, 3.05) is 12.3 Å². The van der Waals surface area contributed by atoms with E-state index in [1.807, 2.05) is 0 Å². The largest absolute Gasteiger partial charge is 0.493 e. The van der Waals surface area contributed by atoms with Gasteiger partial charge < -0.3 is 15.6 Å². The zero-order valence-corrected chi connectivity index (χ0v) is 5.74. The maximum absolute atomic E-state index is 9.20. The zero-order valence-electron chi connectivity index (χ0n) is 5.74. The third kappa shape index (κ3) is 0.849. The van der Waals surface area contributed by atoms with Crippen LogP contribution in [0.25, 0.3) is 0 Å². The van der Waals surface area contributed by atoms with Gasteiger partial charge in [0.1, 0.15) is 0 Å². The summed E-state index contributed by atoms with van der Waals surface area (Å²) in [5.41, 5.74) is 5.92. The van der Waals surface area contributed by atoms with E-state index in [0.717, 1.165) is 0 Å². The van der Waals surface area contributed by atoms with Gasteiger partial charge in [-0.25, -0.2) is 0 Å². The molecule has 58 valence electrons. The zero-order chi connectivity index (χ0) is 7.84. The third-order valence-electron chi connectivity index (χ3n) is 1.56. The normalized spacial score (nSPS) is 14.2. The van der Waals surface area contributed by atoms with Gasteiger partial charge in [-0.15, -0.1) is 0 Å². The SMILES string of the molecule is Nc1nc(O)c2c(n1)OCC2. The fourth-order valence-electron chi connectivity index (χ4n) is 1.06. The number of fused-ring (bicyclic) bond motifs is 1. The highest BCUT2D eigenvalue weighted by Gasteiger charge is 2.19. The molecule has 5 heteroatoms. The van der Waals surface area contributed by atoms with Crippen LogP contribution in [0, 0.1) is 0 Å². The topological polar surface area (TPSA) is 81.3 Å². The predicted octanol–water partition coefficient (Wildman–Crippen LogP) is -0.301. The van der Waals surface area contributed by atoms with Crippen LogP contribution in [-0.2, 0) is 6.42 Å². The van der Waals surface area contributed by atoms with Crippen LogP contribution in [0.3, 0.4) is 0 Å². The van der Waals surface area contributed by atoms with E-state index in [1.165, 1.54) is 0 Å². The van der Waals surface area contributed by atoms with Gasteiger partial charge in [0.25, 0.3) is 0 Å². The Balaban J connectivity index is 2.60. The second-order valence-corrected chi connectivity index (χ2v) is 2.29. The molecule has 1 aromatic heterocycles. The average Bonchev–Trinajstić information content (AvgIpc) is 2.34. The number of hydrogen-bond acceptors (Lipinski definition) is 5. The monoisotopic (exact) mass is 153 g/mol. The molecule has 0 fully saturated rings. The molecule has 1 aromatic rings. The highest BCUT2D eigenvalue weighted by Crippen LogP contribution is 2.29. The Bertz CT molecular complexity index is 300. The van der Waals surface area contributed by atoms with Crippen LogP contribution in [0.5, 0.6) is 11.8 Å². The maximum Gasteiger partial charge on any atom is 0.226 e. The van der Waals surface area contributed by atoms with Crippen LogP contribution in [0.2, 0.25) is 0 Å². The van der Waals surface area contributed by atoms with Crippen LogP contribution in [0.1, 0.15) is 5.56 Å². The Labute approximate surface area is 62.8 Å². The number of nitrogens with two attached hydrogens (primary N) is 1. The molecule has 11 heavy (non-hydrogen) atoms. The number of aromatic hydroxyl groups is 1. The van der Waals surface area contributed by atoms with Gasteiger partial charge in [0.05, 0.1) is 12.2 Å². The molecular weight excluding hydrogens is 146 g/mol. The molecular formula is C6H7N3O2. The van der Waals surface area contributed by atoms with Crippen LogP contribution >= 0.6 is 0 Å². The summed E-state index contributed by atoms with van der Waals surface area (Å²) in [5, 5.41) is 9.20. The lowest BCUT2D eigenvalue weighted by atomic mass is 10.2. The van der Waals surface area contributed by atoms with Crippen LogP contribution in [0.15, 0.2) is 0 Å². The quantitative estimate of drug-likeness (QED) is 0.534. The van der Waals surface area contributed by atoms with E-state index >= 15 is 0 Å². The van der Waals surface area contributed by atoms with Crippen LogP contribution < -0.4 is 10.5 Å². The summed E-state index contributed by atoms with van der Waals surface area (Å²) in [6.45, 7) is 0.543. The van der Waals surface area contributed by atoms with Crippen LogP contribution in [0.4, 0.5) is 5.95 Å². The number of aromatic nitrogens is 2. The summed E-state index contributed by atoms with van der Waals surface area (Å²) < 4.78 is 5.07. The first kappa shape index (κ1) is 6.21. The lowest BCUT2D eigenvalue weighted by Crippen LogP contribution is -1.96. The van der Waals surface area contributed by atoms with Crippen LogP contribution in [-0.4, -0.2) is 21.7 Å². The lowest BCUT2D eigenvalue weighted by Gasteiger charge is -1.99. The molecule has 0 saturated carbocycles. The average molecular weight is 153 g/mol. The molecule has 0 radical (unpaired) electrons. The van der Waals surface area contributed by atoms with Gasteiger partial charge in [-0.3, -0.25) is 0 Å². The highest BCUT2D eigenvalue weighted by molar-refractivity contribution is 5.41. The molecule has 0 unspecified atom stereocenters. The van der Waals surface area contributed by atoms with Gasteiger partial charge in [0.2, 0.25) is 17.7 Å². The Morgan fingerprint density at radius 3 is 3.09 bits per heavy atom. The number of nitrogen functional groups attached to an aromatic ring is 1. The van der Waals surface area contributed by atoms with E-state index in [-0.39, 0.29) is 11.8 Å². The first-order valence-electron chi connectivity index (χ1n) is 3.25. The molecule has 3 N–H and O–H groups in total. The summed E-state index contributed by atoms with van der Waals surface area (Å²) in [5.74, 6) is 0.392. The van der Waals surface area contributed by atoms with E-state index in [2.05, 4.69) is 9.97 Å². The van der Waals surface area contributed by atoms with Crippen molar-refractivity contribution in [2.45, 2.75) is 6.42 Å². The first-order chi connectivity index (χ1) is 5.27. The molecule has 0 aliphatic carbocycles. The third-order valence-corrected chi connectivity index (χ3v) is 1.56. The second-order valence-electron chi connectivity index (χ2n) is 2.29. The number of anilines is 1. The summed E-state index contributed by atoms with van der Waals surface area (Å²) >= 11 is 0. The highest BCUT2D eigenvalue weighted by atomic mass is 16.5. The van der Waals surface area contributed by atoms with Crippen molar-refractivity contribution >= 4 is 5.95 Å². The Kier molecular flexibility index (Phi) is 1.12. The molecule has 1 aliphatic heterocycles. The van der Waals surface area contributed by atoms with Crippen molar-refractivity contribution in [3.63, 3.8) is 0 Å². The fourth-order valence-corrected chi connectivity index (χ4v) is 1.06. The molecule has 0 amide bonds. The standard InChI is InChI=1S/C6H7N3O2/c7-6-8-4(10)3-1-2-11-5(3)9-6/h1-2H2,(H3,7,8,9,10). The molecule has 1 aliphatic rings. The van der Waals surface area contributed by atoms with Gasteiger partial charge in [-0.2, -0.15) is 9.97 Å². The Morgan fingerprint density at radius 2 is 2.27 bits per heavy atom. The minimum atomic E-state index is -0.0648. The lowest BCUT2D eigenvalue weighted by molar-refractivity contribution is 0.344. The summed E-state index contributed by atoms with van der Waals surface area (Å²) in [6.07, 6.45) is 0.654. The Morgan fingerprint density at radius 1 is 1.45 bits per heavy atom.